The molecule has 0 radical (unpaired) electrons. The molecule has 2 aromatic heterocycles. The quantitative estimate of drug-likeness (QED) is 0.142. The van der Waals surface area contributed by atoms with Crippen LogP contribution in [0, 0.1) is 11.6 Å². The Balaban J connectivity index is 1.12. The molecule has 0 aliphatic carbocycles. The first kappa shape index (κ1) is 42.2. The second-order valence-electron chi connectivity index (χ2n) is 19.8. The highest BCUT2D eigenvalue weighted by Gasteiger charge is 2.29. The Labute approximate surface area is 413 Å². The lowest BCUT2D eigenvalue weighted by Gasteiger charge is -2.31. The third-order valence-corrected chi connectivity index (χ3v) is 15.0. The summed E-state index contributed by atoms with van der Waals surface area (Å²) in [6.45, 7) is 8.96. The smallest absolute Gasteiger partial charge is 0.159 e. The zero-order valence-corrected chi connectivity index (χ0v) is 40.1. The van der Waals surface area contributed by atoms with Crippen LogP contribution >= 0.6 is 0 Å². The van der Waals surface area contributed by atoms with Crippen molar-refractivity contribution >= 4 is 132 Å². The van der Waals surface area contributed by atoms with Crippen molar-refractivity contribution in [2.45, 2.75) is 39.5 Å². The lowest BCUT2D eigenvalue weighted by molar-refractivity contribution is 0.639. The van der Waals surface area contributed by atoms with E-state index >= 15 is 8.78 Å². The van der Waals surface area contributed by atoms with Crippen LogP contribution in [0.5, 0.6) is 0 Å². The van der Waals surface area contributed by atoms with Gasteiger partial charge in [-0.3, -0.25) is 0 Å². The first-order chi connectivity index (χ1) is 35.2. The standard InChI is InChI=1S/C66H46F2N2O2/c1-37(2)53-35-59(69(41-31-39-15-5-7-17-43(39)55(67)33-41)57-23-13-21-49-45-19-9-11-25-61(45)71-65(49)57)51-30-28-48-54(38(3)4)36-60(52-29-27-47(53)63(51)64(48)52)70(42-32-40-16-6-8-18-44(40)56(68)34-42)58-24-14-22-50-46-20-10-12-26-62(46)72-66(50)58/h5-38H,1-4H3. The Bertz CT molecular complexity index is 4240. The summed E-state index contributed by atoms with van der Waals surface area (Å²) in [4.78, 5) is 4.41. The minimum atomic E-state index is -0.303. The summed E-state index contributed by atoms with van der Waals surface area (Å²) < 4.78 is 47.0. The molecule has 0 spiro atoms. The summed E-state index contributed by atoms with van der Waals surface area (Å²) in [5, 5.41) is 13.2. The van der Waals surface area contributed by atoms with Gasteiger partial charge in [0, 0.05) is 54.5 Å². The van der Waals surface area contributed by atoms with Crippen LogP contribution in [0.1, 0.15) is 50.7 Å². The third kappa shape index (κ3) is 6.21. The van der Waals surface area contributed by atoms with E-state index < -0.39 is 0 Å². The molecule has 2 heterocycles. The zero-order chi connectivity index (χ0) is 48.5. The van der Waals surface area contributed by atoms with Crippen molar-refractivity contribution in [3.05, 3.63) is 217 Å². The van der Waals surface area contributed by atoms with Gasteiger partial charge < -0.3 is 18.6 Å². The number of anilines is 6. The lowest BCUT2D eigenvalue weighted by Crippen LogP contribution is -2.13. The minimum Gasteiger partial charge on any atom is -0.454 e. The number of benzene rings is 12. The maximum Gasteiger partial charge on any atom is 0.159 e. The molecule has 12 aromatic carbocycles. The van der Waals surface area contributed by atoms with Gasteiger partial charge >= 0.3 is 0 Å². The largest absolute Gasteiger partial charge is 0.454 e. The molecule has 0 fully saturated rings. The summed E-state index contributed by atoms with van der Waals surface area (Å²) in [7, 11) is 0. The molecule has 346 valence electrons. The van der Waals surface area contributed by atoms with Crippen LogP contribution in [0.25, 0.3) is 97.7 Å². The van der Waals surface area contributed by atoms with Crippen molar-refractivity contribution in [2.24, 2.45) is 0 Å². The zero-order valence-electron chi connectivity index (χ0n) is 40.1. The van der Waals surface area contributed by atoms with Crippen molar-refractivity contribution in [3.63, 3.8) is 0 Å². The fraction of sp³-hybridized carbons (Fsp3) is 0.0909. The molecule has 14 rings (SSSR count). The van der Waals surface area contributed by atoms with Crippen molar-refractivity contribution in [1.82, 2.24) is 0 Å². The molecular weight excluding hydrogens is 891 g/mol. The fourth-order valence-electron chi connectivity index (χ4n) is 11.7. The van der Waals surface area contributed by atoms with Crippen LogP contribution in [0.15, 0.2) is 203 Å². The van der Waals surface area contributed by atoms with Gasteiger partial charge in [0.1, 0.15) is 22.8 Å². The van der Waals surface area contributed by atoms with Gasteiger partial charge in [-0.05, 0) is 116 Å². The summed E-state index contributed by atoms with van der Waals surface area (Å²) in [5.74, 6) is -0.389. The van der Waals surface area contributed by atoms with E-state index in [0.29, 0.717) is 33.3 Å². The SMILES string of the molecule is CC(C)c1cc(N(c2cc(F)c3ccccc3c2)c2cccc3c2oc2ccccc23)c2ccc3c(C(C)C)cc(N(c4cc(F)c5ccccc5c4)c4cccc5c4oc4ccccc45)c4ccc1c2c34. The van der Waals surface area contributed by atoms with Crippen LogP contribution in [0.2, 0.25) is 0 Å². The van der Waals surface area contributed by atoms with Crippen molar-refractivity contribution in [1.29, 1.82) is 0 Å². The highest BCUT2D eigenvalue weighted by Crippen LogP contribution is 2.53. The van der Waals surface area contributed by atoms with Crippen LogP contribution in [0.3, 0.4) is 0 Å². The summed E-state index contributed by atoms with van der Waals surface area (Å²) in [6, 6.07) is 65.1. The fourth-order valence-corrected chi connectivity index (χ4v) is 11.7. The van der Waals surface area contributed by atoms with E-state index in [-0.39, 0.29) is 23.5 Å². The van der Waals surface area contributed by atoms with Gasteiger partial charge in [-0.25, -0.2) is 8.78 Å². The number of hydrogen-bond donors (Lipinski definition) is 0. The second kappa shape index (κ2) is 15.9. The summed E-state index contributed by atoms with van der Waals surface area (Å²) in [6.07, 6.45) is 0. The molecule has 0 unspecified atom stereocenters. The highest BCUT2D eigenvalue weighted by atomic mass is 19.1. The molecule has 0 aliphatic rings. The van der Waals surface area contributed by atoms with Crippen LogP contribution in [-0.2, 0) is 0 Å². The van der Waals surface area contributed by atoms with E-state index in [4.69, 9.17) is 8.83 Å². The van der Waals surface area contributed by atoms with Crippen LogP contribution in [0.4, 0.5) is 42.9 Å². The average molecular weight is 937 g/mol. The first-order valence-electron chi connectivity index (χ1n) is 24.8. The van der Waals surface area contributed by atoms with Crippen molar-refractivity contribution in [3.8, 4) is 0 Å². The molecular formula is C66H46F2N2O2. The Kier molecular flexibility index (Phi) is 9.31. The van der Waals surface area contributed by atoms with Gasteiger partial charge in [0.2, 0.25) is 0 Å². The van der Waals surface area contributed by atoms with E-state index in [1.165, 1.54) is 0 Å². The minimum absolute atomic E-state index is 0.109. The first-order valence-corrected chi connectivity index (χ1v) is 24.8. The lowest BCUT2D eigenvalue weighted by atomic mass is 9.84. The third-order valence-electron chi connectivity index (χ3n) is 15.0. The van der Waals surface area contributed by atoms with E-state index in [1.807, 2.05) is 84.9 Å². The highest BCUT2D eigenvalue weighted by molar-refractivity contribution is 6.30. The molecule has 0 atom stereocenters. The normalized spacial score (nSPS) is 12.3. The van der Waals surface area contributed by atoms with E-state index in [9.17, 15) is 0 Å². The van der Waals surface area contributed by atoms with Crippen molar-refractivity contribution in [2.75, 3.05) is 9.80 Å². The molecule has 0 saturated heterocycles. The number of para-hydroxylation sites is 4. The topological polar surface area (TPSA) is 32.8 Å². The maximum atomic E-state index is 16.7. The Morgan fingerprint density at radius 1 is 0.333 bits per heavy atom. The Morgan fingerprint density at radius 2 is 0.708 bits per heavy atom. The van der Waals surface area contributed by atoms with Crippen molar-refractivity contribution < 1.29 is 17.6 Å². The molecule has 14 aromatic rings. The number of fused-ring (bicyclic) bond motifs is 8. The molecule has 72 heavy (non-hydrogen) atoms. The molecule has 6 heteroatoms. The van der Waals surface area contributed by atoms with E-state index in [1.54, 1.807) is 12.1 Å². The average Bonchev–Trinajstić information content (AvgIpc) is 3.98. The van der Waals surface area contributed by atoms with Crippen LogP contribution in [-0.4, -0.2) is 0 Å². The van der Waals surface area contributed by atoms with Gasteiger partial charge in [-0.15, -0.1) is 0 Å². The molecule has 4 nitrogen and oxygen atoms in total. The number of furan rings is 2. The van der Waals surface area contributed by atoms with Gasteiger partial charge in [0.05, 0.1) is 22.7 Å². The predicted molar refractivity (Wildman–Crippen MR) is 297 cm³/mol. The number of rotatable bonds is 8. The molecule has 0 bridgehead atoms. The number of hydrogen-bond acceptors (Lipinski definition) is 4. The van der Waals surface area contributed by atoms with E-state index in [2.05, 4.69) is 135 Å². The molecule has 0 amide bonds. The maximum absolute atomic E-state index is 16.7. The number of nitrogens with zero attached hydrogens (tertiary/aromatic N) is 2. The monoisotopic (exact) mass is 936 g/mol. The molecule has 0 aliphatic heterocycles. The number of halogens is 2. The summed E-state index contributed by atoms with van der Waals surface area (Å²) in [5.41, 5.74) is 10.1. The van der Waals surface area contributed by atoms with Gasteiger partial charge in [-0.1, -0.05) is 161 Å². The van der Waals surface area contributed by atoms with Gasteiger partial charge in [-0.2, -0.15) is 0 Å². The summed E-state index contributed by atoms with van der Waals surface area (Å²) >= 11 is 0. The van der Waals surface area contributed by atoms with E-state index in [0.717, 1.165) is 110 Å². The van der Waals surface area contributed by atoms with Gasteiger partial charge in [0.15, 0.2) is 11.2 Å². The van der Waals surface area contributed by atoms with Crippen LogP contribution < -0.4 is 9.80 Å². The second-order valence-corrected chi connectivity index (χ2v) is 19.8. The Morgan fingerprint density at radius 3 is 1.14 bits per heavy atom. The Hall–Kier alpha value is -8.74. The molecule has 0 N–H and O–H groups in total. The predicted octanol–water partition coefficient (Wildman–Crippen LogP) is 20.2. The van der Waals surface area contributed by atoms with Gasteiger partial charge in [0.25, 0.3) is 0 Å². The molecule has 0 saturated carbocycles.